The predicted molar refractivity (Wildman–Crippen MR) is 161 cm³/mol. The number of benzene rings is 1. The average Bonchev–Trinajstić information content (AvgIpc) is 3.48. The number of ether oxygens (including phenoxy) is 1. The molecule has 44 heavy (non-hydrogen) atoms. The number of aliphatic imine (C=N–C) groups is 1. The van der Waals surface area contributed by atoms with Crippen LogP contribution in [0.15, 0.2) is 29.6 Å². The number of nitrogens with two attached hydrogens (primary N) is 3. The van der Waals surface area contributed by atoms with Crippen molar-refractivity contribution in [1.82, 2.24) is 20.2 Å². The number of phenols is 1. The van der Waals surface area contributed by atoms with Gasteiger partial charge in [-0.1, -0.05) is 6.07 Å². The van der Waals surface area contributed by atoms with Crippen molar-refractivity contribution in [3.8, 4) is 5.75 Å². The summed E-state index contributed by atoms with van der Waals surface area (Å²) in [5.74, 6) is -2.49. The molecule has 14 heteroatoms. The number of primary amides is 1. The Morgan fingerprint density at radius 3 is 2.75 bits per heavy atom. The van der Waals surface area contributed by atoms with Gasteiger partial charge in [-0.15, -0.1) is 0 Å². The molecule has 0 spiro atoms. The lowest BCUT2D eigenvalue weighted by molar-refractivity contribution is -0.166. The molecule has 238 valence electrons. The number of hydrogen-bond donors (Lipinski definition) is 7. The lowest BCUT2D eigenvalue weighted by Crippen LogP contribution is -2.63. The third kappa shape index (κ3) is 6.22. The number of carbonyl (C=O) groups is 3. The van der Waals surface area contributed by atoms with Crippen molar-refractivity contribution < 1.29 is 29.3 Å². The summed E-state index contributed by atoms with van der Waals surface area (Å²) in [6.07, 6.45) is 6.15. The number of aromatic nitrogens is 2. The summed E-state index contributed by atoms with van der Waals surface area (Å²) in [6.45, 7) is 1.04. The minimum Gasteiger partial charge on any atom is -0.507 e. The number of fused-ring (bicyclic) bond motifs is 1. The number of imidazole rings is 1. The first-order valence-corrected chi connectivity index (χ1v) is 15.1. The second kappa shape index (κ2) is 12.8. The van der Waals surface area contributed by atoms with Crippen molar-refractivity contribution >= 4 is 23.8 Å². The van der Waals surface area contributed by atoms with Crippen molar-refractivity contribution in [2.75, 3.05) is 20.1 Å². The zero-order chi connectivity index (χ0) is 31.6. The van der Waals surface area contributed by atoms with Gasteiger partial charge in [-0.3, -0.25) is 14.6 Å². The highest BCUT2D eigenvalue weighted by molar-refractivity contribution is 5.96. The number of carbonyl (C=O) groups excluding carboxylic acids is 2. The van der Waals surface area contributed by atoms with Crippen LogP contribution in [0.3, 0.4) is 0 Å². The van der Waals surface area contributed by atoms with E-state index in [2.05, 4.69) is 32.2 Å². The Balaban J connectivity index is 1.40. The highest BCUT2D eigenvalue weighted by Crippen LogP contribution is 2.58. The Kier molecular flexibility index (Phi) is 9.11. The fourth-order valence-corrected chi connectivity index (χ4v) is 7.73. The van der Waals surface area contributed by atoms with Crippen LogP contribution in [-0.2, 0) is 32.6 Å². The van der Waals surface area contributed by atoms with Crippen molar-refractivity contribution in [3.63, 3.8) is 0 Å². The topological polar surface area (TPSA) is 235 Å². The number of likely N-dealkylation sites (tertiary alicyclic amines) is 1. The van der Waals surface area contributed by atoms with Gasteiger partial charge in [0.25, 0.3) is 5.91 Å². The number of nitrogens with one attached hydrogen (secondary N) is 2. The van der Waals surface area contributed by atoms with Crippen LogP contribution in [0.25, 0.3) is 0 Å². The first kappa shape index (κ1) is 31.3. The van der Waals surface area contributed by atoms with Gasteiger partial charge in [0.2, 0.25) is 0 Å². The van der Waals surface area contributed by atoms with Gasteiger partial charge in [-0.2, -0.15) is 0 Å². The monoisotopic (exact) mass is 610 g/mol. The molecule has 1 saturated carbocycles. The number of carboxylic acids is 1. The van der Waals surface area contributed by atoms with E-state index in [9.17, 15) is 24.6 Å². The van der Waals surface area contributed by atoms with Gasteiger partial charge in [0.05, 0.1) is 11.9 Å². The largest absolute Gasteiger partial charge is 0.507 e. The van der Waals surface area contributed by atoms with E-state index in [4.69, 9.17) is 21.9 Å². The smallest absolute Gasteiger partial charge is 0.345 e. The molecule has 1 aliphatic heterocycles. The molecule has 2 bridgehead atoms. The predicted octanol–water partition coefficient (Wildman–Crippen LogP) is 0.132. The van der Waals surface area contributed by atoms with E-state index in [1.165, 1.54) is 6.33 Å². The molecule has 1 saturated heterocycles. The number of aromatic hydroxyl groups is 1. The molecular formula is C30H42N8O6. The van der Waals surface area contributed by atoms with Crippen molar-refractivity contribution in [3.05, 3.63) is 47.0 Å². The summed E-state index contributed by atoms with van der Waals surface area (Å²) >= 11 is 0. The van der Waals surface area contributed by atoms with Crippen LogP contribution >= 0.6 is 0 Å². The number of H-pyrrole nitrogens is 1. The summed E-state index contributed by atoms with van der Waals surface area (Å²) in [5, 5.41) is 24.7. The van der Waals surface area contributed by atoms with E-state index in [1.807, 2.05) is 6.07 Å². The number of carboxylic acid groups (broad SMARTS) is 1. The Morgan fingerprint density at radius 1 is 1.27 bits per heavy atom. The second-order valence-electron chi connectivity index (χ2n) is 12.3. The molecule has 6 atom stereocenters. The number of aromatic amines is 1. The maximum atomic E-state index is 13.6. The number of guanidine groups is 1. The molecule has 5 rings (SSSR count). The van der Waals surface area contributed by atoms with E-state index in [1.54, 1.807) is 12.3 Å². The Bertz CT molecular complexity index is 1410. The molecule has 14 nitrogen and oxygen atoms in total. The summed E-state index contributed by atoms with van der Waals surface area (Å²) in [5.41, 5.74) is 18.5. The van der Waals surface area contributed by atoms with Gasteiger partial charge in [0.1, 0.15) is 11.8 Å². The third-order valence-electron chi connectivity index (χ3n) is 9.70. The first-order valence-electron chi connectivity index (χ1n) is 15.1. The minimum atomic E-state index is -1.36. The molecule has 2 aliphatic carbocycles. The van der Waals surface area contributed by atoms with Gasteiger partial charge in [0, 0.05) is 47.9 Å². The standard InChI is InChI=1S/C30H42N8O6/c1-38-10-8-30-13-17(5-7-20(30)22(38)11-16-4-6-19(26(31)40)25(39)24(16)30)37-21(12-18-14-34-15-36-18)28(43)44-23(27(41)42)3-2-9-35-29(32)33/h4,6,14-15,17,20-23,37,39H,2-3,5,7-13H2,1H3,(H2,31,40)(H,34,36)(H,41,42)(H4,32,33,35)/t17-,20+,21?,22-,23+,30+/m1/s1. The van der Waals surface area contributed by atoms with Crippen molar-refractivity contribution in [2.24, 2.45) is 28.1 Å². The number of likely N-dealkylation sites (N-methyl/N-ethyl adjacent to an activating group) is 1. The van der Waals surface area contributed by atoms with E-state index >= 15 is 0 Å². The van der Waals surface area contributed by atoms with Crippen LogP contribution < -0.4 is 22.5 Å². The second-order valence-corrected chi connectivity index (χ2v) is 12.3. The number of hydrogen-bond acceptors (Lipinski definition) is 9. The number of nitrogens with zero attached hydrogens (tertiary/aromatic N) is 3. The van der Waals surface area contributed by atoms with Crippen LogP contribution in [0, 0.1) is 5.92 Å². The lowest BCUT2D eigenvalue weighted by Gasteiger charge is -2.60. The van der Waals surface area contributed by atoms with E-state index in [0.717, 1.165) is 43.4 Å². The fraction of sp³-hybridized carbons (Fsp3) is 0.567. The van der Waals surface area contributed by atoms with Crippen LogP contribution in [0.4, 0.5) is 0 Å². The van der Waals surface area contributed by atoms with Crippen LogP contribution in [0.2, 0.25) is 0 Å². The summed E-state index contributed by atoms with van der Waals surface area (Å²) < 4.78 is 5.55. The molecule has 10 N–H and O–H groups in total. The Morgan fingerprint density at radius 2 is 2.07 bits per heavy atom. The van der Waals surface area contributed by atoms with E-state index in [-0.39, 0.29) is 54.7 Å². The summed E-state index contributed by atoms with van der Waals surface area (Å²) in [6, 6.07) is 2.80. The van der Waals surface area contributed by atoms with Crippen molar-refractivity contribution in [2.45, 2.75) is 81.0 Å². The Hall–Kier alpha value is -4.17. The van der Waals surface area contributed by atoms with Gasteiger partial charge in [-0.25, -0.2) is 9.78 Å². The molecule has 3 aliphatic rings. The molecule has 2 heterocycles. The number of esters is 1. The SMILES string of the molecule is CN1CC[C@]23C[C@H](NC(Cc4cnc[nH]4)C(=O)O[C@@H](CCCN=C(N)N)C(=O)O)CC[C@H]2[C@H]1Cc1ccc(C(N)=O)c(O)c13. The van der Waals surface area contributed by atoms with Crippen LogP contribution in [0.1, 0.15) is 65.7 Å². The third-order valence-corrected chi connectivity index (χ3v) is 9.70. The maximum Gasteiger partial charge on any atom is 0.345 e. The summed E-state index contributed by atoms with van der Waals surface area (Å²) in [4.78, 5) is 51.0. The van der Waals surface area contributed by atoms with Crippen molar-refractivity contribution in [1.29, 1.82) is 0 Å². The molecule has 2 aromatic rings. The number of piperidine rings is 1. The zero-order valence-corrected chi connectivity index (χ0v) is 24.9. The molecule has 1 aromatic heterocycles. The number of aliphatic carboxylic acids is 1. The van der Waals surface area contributed by atoms with Gasteiger partial charge >= 0.3 is 11.9 Å². The molecule has 0 radical (unpaired) electrons. The summed E-state index contributed by atoms with van der Waals surface area (Å²) in [7, 11) is 2.13. The van der Waals surface area contributed by atoms with E-state index in [0.29, 0.717) is 18.5 Å². The minimum absolute atomic E-state index is 0.0397. The van der Waals surface area contributed by atoms with Gasteiger partial charge in [0.15, 0.2) is 12.1 Å². The maximum absolute atomic E-state index is 13.6. The number of rotatable bonds is 12. The van der Waals surface area contributed by atoms with Crippen LogP contribution in [0.5, 0.6) is 5.75 Å². The first-order chi connectivity index (χ1) is 21.0. The molecule has 1 aromatic carbocycles. The lowest BCUT2D eigenvalue weighted by atomic mass is 9.51. The normalized spacial score (nSPS) is 25.6. The molecule has 1 unspecified atom stereocenters. The molecule has 2 fully saturated rings. The molecule has 1 amide bonds. The highest BCUT2D eigenvalue weighted by atomic mass is 16.6. The van der Waals surface area contributed by atoms with E-state index < -0.39 is 35.4 Å². The van der Waals surface area contributed by atoms with Crippen LogP contribution in [-0.4, -0.2) is 93.3 Å². The van der Waals surface area contributed by atoms with Gasteiger partial charge in [-0.05, 0) is 76.1 Å². The zero-order valence-electron chi connectivity index (χ0n) is 24.9. The quantitative estimate of drug-likeness (QED) is 0.0738. The number of amides is 1. The Labute approximate surface area is 255 Å². The molecular weight excluding hydrogens is 568 g/mol. The fourth-order valence-electron chi connectivity index (χ4n) is 7.73. The highest BCUT2D eigenvalue weighted by Gasteiger charge is 2.56. The average molecular weight is 611 g/mol. The van der Waals surface area contributed by atoms with Gasteiger partial charge < -0.3 is 47.4 Å².